The van der Waals surface area contributed by atoms with Gasteiger partial charge in [-0.25, -0.2) is 4.79 Å². The molecule has 5 N–H and O–H groups in total. The molecule has 0 saturated carbocycles. The minimum Gasteiger partial charge on any atom is -0.480 e. The molecule has 3 atom stereocenters. The largest absolute Gasteiger partial charge is 0.480 e. The number of nitrogens with two attached hydrogens (primary N) is 1. The zero-order chi connectivity index (χ0) is 21.8. The molecule has 0 aromatic carbocycles. The third kappa shape index (κ3) is 4.29. The molecule has 0 aromatic rings. The molecule has 29 heavy (non-hydrogen) atoms. The van der Waals surface area contributed by atoms with Gasteiger partial charge in [0.1, 0.15) is 17.1 Å². The van der Waals surface area contributed by atoms with Gasteiger partial charge in [-0.1, -0.05) is 5.11 Å². The molecule has 2 heterocycles. The van der Waals surface area contributed by atoms with Gasteiger partial charge in [0.25, 0.3) is 11.6 Å². The average molecular weight is 428 g/mol. The number of aliphatic carboxylic acids is 2. The van der Waals surface area contributed by atoms with Crippen molar-refractivity contribution in [2.75, 3.05) is 19.4 Å². The Morgan fingerprint density at radius 2 is 2.21 bits per heavy atom. The number of methoxy groups -OCH3 is 1. The van der Waals surface area contributed by atoms with Crippen LogP contribution in [0.3, 0.4) is 0 Å². The fourth-order valence-corrected chi connectivity index (χ4v) is 4.49. The number of carbonyl (C=O) groups is 4. The summed E-state index contributed by atoms with van der Waals surface area (Å²) in [6.45, 7) is -0.197. The van der Waals surface area contributed by atoms with Crippen molar-refractivity contribution in [1.82, 2.24) is 10.2 Å². The van der Waals surface area contributed by atoms with Crippen molar-refractivity contribution in [2.24, 2.45) is 10.8 Å². The molecule has 0 spiro atoms. The second-order valence-corrected chi connectivity index (χ2v) is 7.38. The van der Waals surface area contributed by atoms with Crippen molar-refractivity contribution in [2.45, 2.75) is 36.4 Å². The standard InChI is InChI=1S/C15H20N6O7S/c1-28-15(19-9(22)4-2-3-8(16)11(23)24)13(27)21-10(12(25)26)7(5-18-20-17)6-29-14(15)21/h8,14H,2-6,16H2,1H3,(H,19,22)(H,23,24)(H,25,26)/t8?,14-,15-/m0/s1. The van der Waals surface area contributed by atoms with Crippen LogP contribution < -0.4 is 11.1 Å². The number of carboxylic acids is 2. The molecule has 1 saturated heterocycles. The number of fused-ring (bicyclic) bond motifs is 1. The fraction of sp³-hybridized carbons (Fsp3) is 0.600. The zero-order valence-electron chi connectivity index (χ0n) is 15.4. The van der Waals surface area contributed by atoms with Crippen LogP contribution in [0.25, 0.3) is 10.4 Å². The lowest BCUT2D eigenvalue weighted by atomic mass is 9.97. The van der Waals surface area contributed by atoms with Gasteiger partial charge in [0.05, 0.1) is 6.54 Å². The van der Waals surface area contributed by atoms with E-state index < -0.39 is 40.9 Å². The SMILES string of the molecule is CO[C@@]1(NC(=O)CCCC(N)C(=O)O)C(=O)N2C(C(=O)O)=C(CN=[N+]=[N-])CS[C@H]21. The second kappa shape index (κ2) is 9.13. The smallest absolute Gasteiger partial charge is 0.352 e. The monoisotopic (exact) mass is 428 g/mol. The quantitative estimate of drug-likeness (QED) is 0.117. The second-order valence-electron chi connectivity index (χ2n) is 6.31. The molecule has 1 fully saturated rings. The molecular weight excluding hydrogens is 408 g/mol. The molecule has 0 radical (unpaired) electrons. The van der Waals surface area contributed by atoms with Crippen LogP contribution in [-0.2, 0) is 23.9 Å². The van der Waals surface area contributed by atoms with Gasteiger partial charge in [-0.3, -0.25) is 19.3 Å². The third-order valence-electron chi connectivity index (χ3n) is 4.52. The molecule has 0 aromatic heterocycles. The Labute approximate surface area is 168 Å². The van der Waals surface area contributed by atoms with Gasteiger partial charge >= 0.3 is 11.9 Å². The molecule has 2 aliphatic heterocycles. The van der Waals surface area contributed by atoms with Crippen LogP contribution in [0.5, 0.6) is 0 Å². The maximum Gasteiger partial charge on any atom is 0.352 e. The number of azide groups is 1. The molecule has 2 aliphatic rings. The number of amides is 2. The summed E-state index contributed by atoms with van der Waals surface area (Å²) in [5.41, 5.74) is 12.1. The van der Waals surface area contributed by atoms with Gasteiger partial charge < -0.3 is 26.0 Å². The van der Waals surface area contributed by atoms with E-state index in [9.17, 15) is 24.3 Å². The van der Waals surface area contributed by atoms with E-state index in [-0.39, 0.29) is 42.8 Å². The van der Waals surface area contributed by atoms with Crippen LogP contribution in [0.4, 0.5) is 0 Å². The number of carbonyl (C=O) groups excluding carboxylic acids is 2. The first-order valence-corrected chi connectivity index (χ1v) is 9.50. The van der Waals surface area contributed by atoms with Crippen LogP contribution in [0, 0.1) is 0 Å². The van der Waals surface area contributed by atoms with Crippen LogP contribution in [0.15, 0.2) is 16.4 Å². The van der Waals surface area contributed by atoms with Gasteiger partial charge in [0, 0.05) is 24.2 Å². The van der Waals surface area contributed by atoms with Crippen LogP contribution in [0.1, 0.15) is 19.3 Å². The third-order valence-corrected chi connectivity index (χ3v) is 5.89. The van der Waals surface area contributed by atoms with E-state index >= 15 is 0 Å². The van der Waals surface area contributed by atoms with E-state index in [1.807, 2.05) is 0 Å². The first-order valence-electron chi connectivity index (χ1n) is 8.45. The number of ether oxygens (including phenoxy) is 1. The Kier molecular flexibility index (Phi) is 7.08. The average Bonchev–Trinajstić information content (AvgIpc) is 2.68. The highest BCUT2D eigenvalue weighted by Crippen LogP contribution is 2.46. The molecule has 0 bridgehead atoms. The van der Waals surface area contributed by atoms with E-state index in [1.54, 1.807) is 0 Å². The number of thioether (sulfide) groups is 1. The van der Waals surface area contributed by atoms with Crippen molar-refractivity contribution in [3.8, 4) is 0 Å². The molecule has 13 nitrogen and oxygen atoms in total. The lowest BCUT2D eigenvalue weighted by Gasteiger charge is -2.55. The number of β-lactam (4-membered cyclic amide) rings is 1. The number of rotatable bonds is 10. The summed E-state index contributed by atoms with van der Waals surface area (Å²) in [7, 11) is 1.22. The minimum atomic E-state index is -1.73. The highest BCUT2D eigenvalue weighted by molar-refractivity contribution is 8.00. The maximum absolute atomic E-state index is 12.8. The van der Waals surface area contributed by atoms with Gasteiger partial charge in [-0.05, 0) is 23.9 Å². The summed E-state index contributed by atoms with van der Waals surface area (Å²) >= 11 is 1.17. The fourth-order valence-electron chi connectivity index (χ4n) is 3.06. The van der Waals surface area contributed by atoms with Gasteiger partial charge in [0.15, 0.2) is 0 Å². The maximum atomic E-state index is 12.8. The van der Waals surface area contributed by atoms with Crippen LogP contribution >= 0.6 is 11.8 Å². The Hall–Kier alpha value is -2.80. The Balaban J connectivity index is 2.12. The predicted octanol–water partition coefficient (Wildman–Crippen LogP) is -0.408. The van der Waals surface area contributed by atoms with Gasteiger partial charge in [0.2, 0.25) is 5.91 Å². The summed E-state index contributed by atoms with van der Waals surface area (Å²) in [4.78, 5) is 51.0. The van der Waals surface area contributed by atoms with E-state index in [0.717, 1.165) is 4.90 Å². The van der Waals surface area contributed by atoms with Crippen LogP contribution in [0.2, 0.25) is 0 Å². The minimum absolute atomic E-state index is 0.0790. The summed E-state index contributed by atoms with van der Waals surface area (Å²) in [6.07, 6.45) is 0.182. The highest BCUT2D eigenvalue weighted by atomic mass is 32.2. The Morgan fingerprint density at radius 1 is 1.52 bits per heavy atom. The molecule has 1 unspecified atom stereocenters. The number of nitrogens with zero attached hydrogens (tertiary/aromatic N) is 4. The topological polar surface area (TPSA) is 208 Å². The Morgan fingerprint density at radius 3 is 2.76 bits per heavy atom. The van der Waals surface area contributed by atoms with E-state index in [2.05, 4.69) is 15.3 Å². The Bertz CT molecular complexity index is 811. The van der Waals surface area contributed by atoms with E-state index in [1.165, 1.54) is 18.9 Å². The lowest BCUT2D eigenvalue weighted by Crippen LogP contribution is -2.80. The van der Waals surface area contributed by atoms with Crippen molar-refractivity contribution < 1.29 is 34.1 Å². The lowest BCUT2D eigenvalue weighted by molar-refractivity contribution is -0.192. The molecular formula is C15H20N6O7S. The number of carboxylic acid groups (broad SMARTS) is 2. The highest BCUT2D eigenvalue weighted by Gasteiger charge is 2.66. The molecule has 2 rings (SSSR count). The molecule has 2 amide bonds. The van der Waals surface area contributed by atoms with Crippen molar-refractivity contribution in [1.29, 1.82) is 0 Å². The van der Waals surface area contributed by atoms with Crippen molar-refractivity contribution >= 4 is 35.5 Å². The summed E-state index contributed by atoms with van der Waals surface area (Å²) in [5.74, 6) is -3.68. The summed E-state index contributed by atoms with van der Waals surface area (Å²) in [6, 6.07) is -1.09. The number of hydrogen-bond donors (Lipinski definition) is 4. The van der Waals surface area contributed by atoms with Crippen LogP contribution in [-0.4, -0.2) is 75.4 Å². The zero-order valence-corrected chi connectivity index (χ0v) is 16.2. The predicted molar refractivity (Wildman–Crippen MR) is 99.1 cm³/mol. The van der Waals surface area contributed by atoms with Crippen molar-refractivity contribution in [3.05, 3.63) is 21.7 Å². The molecule has 0 aliphatic carbocycles. The first kappa shape index (κ1) is 22.5. The normalized spacial score (nSPS) is 24.1. The molecule has 14 heteroatoms. The summed E-state index contributed by atoms with van der Waals surface area (Å²) < 4.78 is 5.28. The first-order chi connectivity index (χ1) is 13.7. The summed E-state index contributed by atoms with van der Waals surface area (Å²) in [5, 5.41) is 23.3. The van der Waals surface area contributed by atoms with Crippen molar-refractivity contribution in [3.63, 3.8) is 0 Å². The van der Waals surface area contributed by atoms with E-state index in [0.29, 0.717) is 0 Å². The van der Waals surface area contributed by atoms with Gasteiger partial charge in [-0.2, -0.15) is 0 Å². The van der Waals surface area contributed by atoms with E-state index in [4.69, 9.17) is 21.1 Å². The number of hydrogen-bond acceptors (Lipinski definition) is 8. The number of nitrogens with one attached hydrogen (secondary N) is 1. The van der Waals surface area contributed by atoms with Gasteiger partial charge in [-0.15, -0.1) is 11.8 Å². The molecule has 158 valence electrons.